The molecule has 0 aromatic carbocycles. The third kappa shape index (κ3) is 4.42. The van der Waals surface area contributed by atoms with Crippen molar-refractivity contribution >= 4 is 29.5 Å². The molecular weight excluding hydrogens is 438 g/mol. The molecule has 3 heterocycles. The van der Waals surface area contributed by atoms with Crippen LogP contribution in [0.1, 0.15) is 78.1 Å². The molecule has 4 aliphatic rings. The number of hydrogen-bond donors (Lipinski definition) is 3. The van der Waals surface area contributed by atoms with Gasteiger partial charge in [-0.1, -0.05) is 33.1 Å². The Hall–Kier alpha value is -1.28. The Kier molecular flexibility index (Phi) is 7.94. The molecule has 0 radical (unpaired) electrons. The monoisotopic (exact) mass is 479 g/mol. The predicted octanol–water partition coefficient (Wildman–Crippen LogP) is 2.46. The SMILES string of the molecule is CCCNC(=O)[C@@H]1[C@H]2C(=O)N(CCCCCO)C(C(=O)NC3CCCCC3)C23S[C@@H]1CC3C. The first-order valence-corrected chi connectivity index (χ1v) is 14.0. The Bertz CT molecular complexity index is 743. The Labute approximate surface area is 202 Å². The van der Waals surface area contributed by atoms with Gasteiger partial charge >= 0.3 is 0 Å². The van der Waals surface area contributed by atoms with E-state index >= 15 is 0 Å². The Morgan fingerprint density at radius 3 is 2.61 bits per heavy atom. The van der Waals surface area contributed by atoms with Gasteiger partial charge in [0.15, 0.2) is 0 Å². The van der Waals surface area contributed by atoms with Crippen molar-refractivity contribution in [2.45, 2.75) is 100 Å². The summed E-state index contributed by atoms with van der Waals surface area (Å²) in [6.07, 6.45) is 9.53. The van der Waals surface area contributed by atoms with E-state index in [2.05, 4.69) is 17.6 Å². The van der Waals surface area contributed by atoms with E-state index in [1.54, 1.807) is 11.8 Å². The van der Waals surface area contributed by atoms with Crippen LogP contribution in [0.2, 0.25) is 0 Å². The maximum absolute atomic E-state index is 13.9. The molecule has 7 nitrogen and oxygen atoms in total. The zero-order chi connectivity index (χ0) is 23.6. The largest absolute Gasteiger partial charge is 0.396 e. The lowest BCUT2D eigenvalue weighted by molar-refractivity contribution is -0.140. The number of hydrogen-bond acceptors (Lipinski definition) is 5. The van der Waals surface area contributed by atoms with Gasteiger partial charge in [0.1, 0.15) is 6.04 Å². The number of amides is 3. The third-order valence-electron chi connectivity index (χ3n) is 8.35. The van der Waals surface area contributed by atoms with Crippen molar-refractivity contribution in [3.63, 3.8) is 0 Å². The summed E-state index contributed by atoms with van der Waals surface area (Å²) in [5.41, 5.74) is 0. The van der Waals surface area contributed by atoms with Crippen molar-refractivity contribution in [3.8, 4) is 0 Å². The number of unbranched alkanes of at least 4 members (excludes halogenated alkanes) is 2. The Morgan fingerprint density at radius 1 is 1.15 bits per heavy atom. The molecule has 1 aliphatic carbocycles. The van der Waals surface area contributed by atoms with Crippen LogP contribution < -0.4 is 10.6 Å². The maximum Gasteiger partial charge on any atom is 0.244 e. The average molecular weight is 480 g/mol. The summed E-state index contributed by atoms with van der Waals surface area (Å²) >= 11 is 1.75. The van der Waals surface area contributed by atoms with E-state index in [1.165, 1.54) is 6.42 Å². The lowest BCUT2D eigenvalue weighted by Crippen LogP contribution is -2.58. The highest BCUT2D eigenvalue weighted by Crippen LogP contribution is 2.68. The second-order valence-corrected chi connectivity index (χ2v) is 12.1. The molecule has 3 unspecified atom stereocenters. The number of likely N-dealkylation sites (tertiary alicyclic amines) is 1. The number of fused-ring (bicyclic) bond motifs is 1. The highest BCUT2D eigenvalue weighted by molar-refractivity contribution is 8.02. The van der Waals surface area contributed by atoms with Crippen molar-refractivity contribution < 1.29 is 19.5 Å². The number of carbonyl (C=O) groups excluding carboxylic acids is 3. The van der Waals surface area contributed by atoms with Gasteiger partial charge in [-0.15, -0.1) is 11.8 Å². The van der Waals surface area contributed by atoms with E-state index < -0.39 is 16.7 Å². The van der Waals surface area contributed by atoms with Gasteiger partial charge in [-0.25, -0.2) is 0 Å². The van der Waals surface area contributed by atoms with Gasteiger partial charge in [0.2, 0.25) is 17.7 Å². The summed E-state index contributed by atoms with van der Waals surface area (Å²) in [4.78, 5) is 42.7. The van der Waals surface area contributed by atoms with Crippen LogP contribution in [0.5, 0.6) is 0 Å². The van der Waals surface area contributed by atoms with Gasteiger partial charge in [-0.05, 0) is 50.9 Å². The van der Waals surface area contributed by atoms with E-state index in [4.69, 9.17) is 5.11 Å². The molecule has 3 amide bonds. The summed E-state index contributed by atoms with van der Waals surface area (Å²) in [5, 5.41) is 15.6. The van der Waals surface area contributed by atoms with Crippen LogP contribution in [-0.4, -0.2) is 69.5 Å². The van der Waals surface area contributed by atoms with Crippen LogP contribution in [0.15, 0.2) is 0 Å². The minimum Gasteiger partial charge on any atom is -0.396 e. The van der Waals surface area contributed by atoms with Crippen molar-refractivity contribution in [3.05, 3.63) is 0 Å². The average Bonchev–Trinajstić information content (AvgIpc) is 3.39. The molecule has 0 aromatic heterocycles. The molecule has 0 aromatic rings. The molecule has 4 rings (SSSR count). The van der Waals surface area contributed by atoms with Gasteiger partial charge in [0.05, 0.1) is 16.6 Å². The van der Waals surface area contributed by atoms with E-state index in [0.29, 0.717) is 19.5 Å². The predicted molar refractivity (Wildman–Crippen MR) is 130 cm³/mol. The molecule has 3 aliphatic heterocycles. The molecule has 3 N–H and O–H groups in total. The molecule has 186 valence electrons. The number of nitrogens with zero attached hydrogens (tertiary/aromatic N) is 1. The van der Waals surface area contributed by atoms with Crippen LogP contribution in [0.3, 0.4) is 0 Å². The first-order chi connectivity index (χ1) is 16.0. The molecule has 8 heteroatoms. The number of thioether (sulfide) groups is 1. The van der Waals surface area contributed by atoms with Crippen molar-refractivity contribution in [1.82, 2.24) is 15.5 Å². The highest BCUT2D eigenvalue weighted by atomic mass is 32.2. The number of aliphatic hydroxyl groups excluding tert-OH is 1. The van der Waals surface area contributed by atoms with Crippen LogP contribution in [0, 0.1) is 17.8 Å². The standard InChI is InChI=1S/C25H41N3O4S/c1-3-12-26-22(30)19-18-15-16(2)25(33-18)20(19)24(32)28(13-8-5-9-14-29)21(25)23(31)27-17-10-6-4-7-11-17/h16-21,29H,3-15H2,1-2H3,(H,26,30)(H,27,31)/t16?,18-,19+,20+,21?,25?/m1/s1. The van der Waals surface area contributed by atoms with Crippen LogP contribution in [0.4, 0.5) is 0 Å². The minimum atomic E-state index is -0.522. The fourth-order valence-electron chi connectivity index (χ4n) is 6.82. The second kappa shape index (κ2) is 10.5. The normalized spacial score (nSPS) is 35.7. The van der Waals surface area contributed by atoms with E-state index in [-0.39, 0.29) is 47.5 Å². The van der Waals surface area contributed by atoms with Crippen LogP contribution in [-0.2, 0) is 14.4 Å². The van der Waals surface area contributed by atoms with Gasteiger partial charge in [-0.3, -0.25) is 14.4 Å². The fourth-order valence-corrected chi connectivity index (χ4v) is 9.25. The van der Waals surface area contributed by atoms with E-state index in [1.807, 2.05) is 11.8 Å². The van der Waals surface area contributed by atoms with Gasteiger partial charge in [0.25, 0.3) is 0 Å². The first-order valence-electron chi connectivity index (χ1n) is 13.1. The maximum atomic E-state index is 13.9. The summed E-state index contributed by atoms with van der Waals surface area (Å²) in [5.74, 6) is -0.613. The Balaban J connectivity index is 1.61. The van der Waals surface area contributed by atoms with E-state index in [9.17, 15) is 14.4 Å². The molecular formula is C25H41N3O4S. The quantitative estimate of drug-likeness (QED) is 0.418. The topological polar surface area (TPSA) is 98.7 Å². The van der Waals surface area contributed by atoms with Crippen molar-refractivity contribution in [2.24, 2.45) is 17.8 Å². The lowest BCUT2D eigenvalue weighted by atomic mass is 9.65. The summed E-state index contributed by atoms with van der Waals surface area (Å²) in [6.45, 7) is 5.47. The minimum absolute atomic E-state index is 0.0130. The highest BCUT2D eigenvalue weighted by Gasteiger charge is 2.75. The smallest absolute Gasteiger partial charge is 0.244 e. The second-order valence-electron chi connectivity index (χ2n) is 10.5. The molecule has 1 spiro atoms. The molecule has 2 bridgehead atoms. The zero-order valence-corrected chi connectivity index (χ0v) is 21.0. The van der Waals surface area contributed by atoms with Gasteiger partial charge in [0, 0.05) is 31.0 Å². The molecule has 3 saturated heterocycles. The lowest BCUT2D eigenvalue weighted by Gasteiger charge is -2.39. The number of nitrogens with one attached hydrogen (secondary N) is 2. The van der Waals surface area contributed by atoms with Crippen LogP contribution in [0.25, 0.3) is 0 Å². The zero-order valence-electron chi connectivity index (χ0n) is 20.2. The molecule has 1 saturated carbocycles. The first kappa shape index (κ1) is 24.8. The fraction of sp³-hybridized carbons (Fsp3) is 0.880. The number of rotatable bonds is 10. The van der Waals surface area contributed by atoms with Gasteiger partial charge in [-0.2, -0.15) is 0 Å². The van der Waals surface area contributed by atoms with Crippen LogP contribution >= 0.6 is 11.8 Å². The number of carbonyl (C=O) groups is 3. The van der Waals surface area contributed by atoms with E-state index in [0.717, 1.165) is 51.4 Å². The molecule has 33 heavy (non-hydrogen) atoms. The van der Waals surface area contributed by atoms with Crippen molar-refractivity contribution in [1.29, 1.82) is 0 Å². The number of aliphatic hydroxyl groups is 1. The van der Waals surface area contributed by atoms with Gasteiger partial charge < -0.3 is 20.6 Å². The summed E-state index contributed by atoms with van der Waals surface area (Å²) in [7, 11) is 0. The molecule has 4 fully saturated rings. The Morgan fingerprint density at radius 2 is 1.91 bits per heavy atom. The summed E-state index contributed by atoms with van der Waals surface area (Å²) < 4.78 is -0.522. The third-order valence-corrected chi connectivity index (χ3v) is 10.4. The van der Waals surface area contributed by atoms with Crippen molar-refractivity contribution in [2.75, 3.05) is 19.7 Å². The molecule has 6 atom stereocenters. The summed E-state index contributed by atoms with van der Waals surface area (Å²) in [6, 6.07) is -0.323.